The minimum atomic E-state index is -0.0671. The summed E-state index contributed by atoms with van der Waals surface area (Å²) in [6.07, 6.45) is 3.56. The predicted octanol–water partition coefficient (Wildman–Crippen LogP) is 1.69. The van der Waals surface area contributed by atoms with E-state index in [1.54, 1.807) is 23.7 Å². The van der Waals surface area contributed by atoms with Gasteiger partial charge in [-0.1, -0.05) is 60.7 Å². The molecular weight excluding hydrogens is 588 g/mol. The van der Waals surface area contributed by atoms with Gasteiger partial charge in [-0.05, 0) is 97.8 Å². The number of nitrogens with zero attached hydrogens (tertiary/aromatic N) is 1. The zero-order chi connectivity index (χ0) is 30.1. The minimum Gasteiger partial charge on any atom is -0.868 e. The monoisotopic (exact) mass is 611 g/mol. The number of fused-ring (bicyclic) bond motifs is 5. The van der Waals surface area contributed by atoms with Crippen LogP contribution in [-0.4, -0.2) is 4.98 Å². The fourth-order valence-electron chi connectivity index (χ4n) is 6.62. The van der Waals surface area contributed by atoms with Crippen molar-refractivity contribution < 1.29 is 57.9 Å². The SMILES string of the molecule is [Li+].[Li+].[O-]c1c(-c2c3ccccc3c(-c3ccc4ccc[nH+]c4c3[O-])c3cc(-c4nc5ccccc5s4)ccc23)ccc2ccc[nH+]c12. The third kappa shape index (κ3) is 4.90. The standard InChI is InChI=1S/C39H23N3O2S.2Li/c43-37-28(17-13-22-7-5-19-40-35(22)37)33-25-9-1-2-10-26(25)34(29-18-14-23-8-6-20-41-36(23)38(29)44)30-21-24(15-16-27(30)33)39-42-31-11-3-4-12-32(31)45-39;;/h1-21,43-44H;;/q;2*+1. The van der Waals surface area contributed by atoms with Crippen molar-refractivity contribution in [3.8, 4) is 44.3 Å². The number of nitrogens with one attached hydrogen (secondary N) is 2. The molecule has 0 saturated heterocycles. The number of hydrogen-bond donors (Lipinski definition) is 0. The third-order valence-corrected chi connectivity index (χ3v) is 9.77. The van der Waals surface area contributed by atoms with Crippen LogP contribution in [0, 0.1) is 0 Å². The van der Waals surface area contributed by atoms with Crippen LogP contribution in [0.5, 0.6) is 11.5 Å². The number of H-pyrrole nitrogens is 2. The van der Waals surface area contributed by atoms with Gasteiger partial charge in [0.2, 0.25) is 11.0 Å². The van der Waals surface area contributed by atoms with E-state index in [0.29, 0.717) is 22.2 Å². The average molecular weight is 612 g/mol. The summed E-state index contributed by atoms with van der Waals surface area (Å²) in [5.74, 6) is -0.130. The molecule has 0 radical (unpaired) electrons. The maximum atomic E-state index is 14.1. The molecule has 0 unspecified atom stereocenters. The number of thiazole rings is 1. The van der Waals surface area contributed by atoms with Crippen LogP contribution in [0.2, 0.25) is 0 Å². The Hall–Kier alpha value is -4.66. The summed E-state index contributed by atoms with van der Waals surface area (Å²) in [6, 6.07) is 38.0. The second kappa shape index (κ2) is 12.2. The Bertz CT molecular complexity index is 2620. The molecule has 8 heteroatoms. The van der Waals surface area contributed by atoms with E-state index >= 15 is 0 Å². The summed E-state index contributed by atoms with van der Waals surface area (Å²) in [7, 11) is 0. The molecule has 0 atom stereocenters. The average Bonchev–Trinajstić information content (AvgIpc) is 3.53. The van der Waals surface area contributed by atoms with Gasteiger partial charge in [-0.25, -0.2) is 15.0 Å². The molecule has 0 amide bonds. The zero-order valence-corrected chi connectivity index (χ0v) is 26.6. The van der Waals surface area contributed by atoms with Gasteiger partial charge in [0.25, 0.3) is 0 Å². The summed E-state index contributed by atoms with van der Waals surface area (Å²) >= 11 is 1.64. The normalized spacial score (nSPS) is 11.2. The van der Waals surface area contributed by atoms with Crippen molar-refractivity contribution in [2.45, 2.75) is 0 Å². The predicted molar refractivity (Wildman–Crippen MR) is 178 cm³/mol. The van der Waals surface area contributed by atoms with Gasteiger partial charge in [0.1, 0.15) is 5.01 Å². The van der Waals surface area contributed by atoms with E-state index in [2.05, 4.69) is 34.2 Å². The molecule has 9 rings (SSSR count). The smallest absolute Gasteiger partial charge is 0.868 e. The van der Waals surface area contributed by atoms with E-state index in [4.69, 9.17) is 4.98 Å². The van der Waals surface area contributed by atoms with Crippen molar-refractivity contribution >= 4 is 64.9 Å². The first-order valence-corrected chi connectivity index (χ1v) is 15.5. The molecule has 0 aliphatic heterocycles. The van der Waals surface area contributed by atoms with E-state index in [1.165, 1.54) is 0 Å². The molecule has 0 aliphatic rings. The fraction of sp³-hybridized carbons (Fsp3) is 0. The maximum absolute atomic E-state index is 14.1. The second-order valence-electron chi connectivity index (χ2n) is 11.2. The first-order chi connectivity index (χ1) is 22.2. The van der Waals surface area contributed by atoms with Crippen LogP contribution < -0.4 is 57.9 Å². The van der Waals surface area contributed by atoms with E-state index in [9.17, 15) is 10.2 Å². The van der Waals surface area contributed by atoms with Gasteiger partial charge < -0.3 is 10.2 Å². The van der Waals surface area contributed by atoms with Gasteiger partial charge in [-0.3, -0.25) is 0 Å². The van der Waals surface area contributed by atoms with Crippen molar-refractivity contribution in [2.75, 3.05) is 0 Å². The van der Waals surface area contributed by atoms with E-state index in [1.807, 2.05) is 91.0 Å². The Morgan fingerprint density at radius 1 is 0.532 bits per heavy atom. The van der Waals surface area contributed by atoms with Crippen LogP contribution in [0.15, 0.2) is 128 Å². The van der Waals surface area contributed by atoms with Crippen LogP contribution in [0.25, 0.3) is 86.4 Å². The summed E-state index contributed by atoms with van der Waals surface area (Å²) < 4.78 is 1.11. The summed E-state index contributed by atoms with van der Waals surface area (Å²) in [6.45, 7) is 0. The molecule has 0 bridgehead atoms. The number of rotatable bonds is 3. The Morgan fingerprint density at radius 3 is 1.70 bits per heavy atom. The Kier molecular flexibility index (Phi) is 8.02. The van der Waals surface area contributed by atoms with Crippen molar-refractivity contribution in [3.05, 3.63) is 128 Å². The van der Waals surface area contributed by atoms with Crippen molar-refractivity contribution in [1.29, 1.82) is 0 Å². The largest absolute Gasteiger partial charge is 1.00 e. The first-order valence-electron chi connectivity index (χ1n) is 14.7. The summed E-state index contributed by atoms with van der Waals surface area (Å²) in [4.78, 5) is 11.3. The quantitative estimate of drug-likeness (QED) is 0.225. The number of para-hydroxylation sites is 1. The molecule has 3 aromatic heterocycles. The van der Waals surface area contributed by atoms with Crippen LogP contribution >= 0.6 is 11.3 Å². The summed E-state index contributed by atoms with van der Waals surface area (Å²) in [5, 5.41) is 34.4. The van der Waals surface area contributed by atoms with E-state index < -0.39 is 0 Å². The molecule has 2 N–H and O–H groups in total. The number of aromatic nitrogens is 3. The second-order valence-corrected chi connectivity index (χ2v) is 12.2. The van der Waals surface area contributed by atoms with Gasteiger partial charge in [-0.15, -0.1) is 11.3 Å². The van der Waals surface area contributed by atoms with Crippen LogP contribution in [0.3, 0.4) is 0 Å². The van der Waals surface area contributed by atoms with Crippen LogP contribution in [0.1, 0.15) is 0 Å². The van der Waals surface area contributed by atoms with Gasteiger partial charge in [-0.2, -0.15) is 0 Å². The van der Waals surface area contributed by atoms with E-state index in [0.717, 1.165) is 64.2 Å². The molecular formula is C39H23Li2N3O2S+2. The minimum absolute atomic E-state index is 0. The zero-order valence-electron chi connectivity index (χ0n) is 25.8. The number of benzene rings is 6. The Balaban J connectivity index is 0.00000176. The molecule has 9 aromatic rings. The molecule has 5 nitrogen and oxygen atoms in total. The van der Waals surface area contributed by atoms with Crippen LogP contribution in [0.4, 0.5) is 0 Å². The van der Waals surface area contributed by atoms with Crippen molar-refractivity contribution in [2.24, 2.45) is 0 Å². The van der Waals surface area contributed by atoms with Gasteiger partial charge in [0.15, 0.2) is 12.4 Å². The Morgan fingerprint density at radius 2 is 1.09 bits per heavy atom. The molecule has 0 aliphatic carbocycles. The van der Waals surface area contributed by atoms with Gasteiger partial charge in [0.05, 0.1) is 10.2 Å². The van der Waals surface area contributed by atoms with Crippen molar-refractivity contribution in [1.82, 2.24) is 4.98 Å². The molecule has 47 heavy (non-hydrogen) atoms. The first kappa shape index (κ1) is 31.0. The maximum Gasteiger partial charge on any atom is 1.00 e. The molecule has 212 valence electrons. The topological polar surface area (TPSA) is 87.3 Å². The molecule has 3 heterocycles. The number of hydrogen-bond acceptors (Lipinski definition) is 4. The number of pyridine rings is 2. The van der Waals surface area contributed by atoms with Crippen molar-refractivity contribution in [3.63, 3.8) is 0 Å². The van der Waals surface area contributed by atoms with Gasteiger partial charge in [0, 0.05) is 28.5 Å². The Labute approximate surface area is 297 Å². The van der Waals surface area contributed by atoms with E-state index in [-0.39, 0.29) is 49.2 Å². The molecule has 0 spiro atoms. The number of aromatic amines is 2. The van der Waals surface area contributed by atoms with Crippen LogP contribution in [-0.2, 0) is 0 Å². The fourth-order valence-corrected chi connectivity index (χ4v) is 7.58. The molecule has 6 aromatic carbocycles. The third-order valence-electron chi connectivity index (χ3n) is 8.68. The van der Waals surface area contributed by atoms with Gasteiger partial charge >= 0.3 is 37.7 Å². The summed E-state index contributed by atoms with van der Waals surface area (Å²) in [5.41, 5.74) is 5.95. The molecule has 0 saturated carbocycles. The molecule has 0 fully saturated rings.